The van der Waals surface area contributed by atoms with E-state index in [-0.39, 0.29) is 18.6 Å². The summed E-state index contributed by atoms with van der Waals surface area (Å²) in [6, 6.07) is 0. The topological polar surface area (TPSA) is 76.1 Å². The van der Waals surface area contributed by atoms with Crippen LogP contribution in [0.3, 0.4) is 0 Å². The molecule has 0 radical (unpaired) electrons. The Morgan fingerprint density at radius 3 is 2.89 bits per heavy atom. The number of piperidine rings is 1. The number of aromatic nitrogens is 2. The van der Waals surface area contributed by atoms with E-state index >= 15 is 0 Å². The lowest BCUT2D eigenvalue weighted by Gasteiger charge is -2.22. The first kappa shape index (κ1) is 13.4. The summed E-state index contributed by atoms with van der Waals surface area (Å²) in [4.78, 5) is 19.6. The molecule has 0 bridgehead atoms. The summed E-state index contributed by atoms with van der Waals surface area (Å²) < 4.78 is 6.16. The summed E-state index contributed by atoms with van der Waals surface area (Å²) in [6.45, 7) is 1.96. The predicted octanol–water partition coefficient (Wildman–Crippen LogP) is 0.946. The highest BCUT2D eigenvalue weighted by Crippen LogP contribution is 2.08. The van der Waals surface area contributed by atoms with E-state index in [1.54, 1.807) is 0 Å². The van der Waals surface area contributed by atoms with Gasteiger partial charge in [0.1, 0.15) is 11.2 Å². The van der Waals surface area contributed by atoms with Crippen molar-refractivity contribution in [3.63, 3.8) is 0 Å². The number of halogens is 1. The largest absolute Gasteiger partial charge is 0.368 e. The zero-order valence-corrected chi connectivity index (χ0v) is 11.4. The van der Waals surface area contributed by atoms with E-state index in [1.165, 1.54) is 12.4 Å². The molecule has 1 aromatic rings. The minimum Gasteiger partial charge on any atom is -0.368 e. The minimum atomic E-state index is -0.204. The molecule has 2 N–H and O–H groups in total. The summed E-state index contributed by atoms with van der Waals surface area (Å²) in [5, 5.41) is 5.88. The van der Waals surface area contributed by atoms with Gasteiger partial charge in [-0.1, -0.05) is 0 Å². The second-order valence-electron chi connectivity index (χ2n) is 4.03. The smallest absolute Gasteiger partial charge is 0.251 e. The molecule has 0 spiro atoms. The average molecular weight is 315 g/mol. The Morgan fingerprint density at radius 2 is 2.22 bits per heavy atom. The van der Waals surface area contributed by atoms with Crippen molar-refractivity contribution in [1.82, 2.24) is 15.3 Å². The number of amides is 1. The fraction of sp³-hybridized carbons (Fsp3) is 0.545. The minimum absolute atomic E-state index is 0.0579. The van der Waals surface area contributed by atoms with Crippen LogP contribution in [-0.2, 0) is 9.53 Å². The molecular weight excluding hydrogens is 300 g/mol. The summed E-state index contributed by atoms with van der Waals surface area (Å²) >= 11 is 3.18. The number of nitrogens with one attached hydrogen (secondary N) is 2. The third-order valence-corrected chi connectivity index (χ3v) is 3.03. The number of carbonyl (C=O) groups is 1. The first-order valence-corrected chi connectivity index (χ1v) is 6.63. The van der Waals surface area contributed by atoms with E-state index in [9.17, 15) is 4.79 Å². The molecule has 1 saturated heterocycles. The van der Waals surface area contributed by atoms with E-state index < -0.39 is 0 Å². The average Bonchev–Trinajstić information content (AvgIpc) is 2.40. The Bertz CT molecular complexity index is 393. The highest BCUT2D eigenvalue weighted by molar-refractivity contribution is 9.10. The Morgan fingerprint density at radius 1 is 1.44 bits per heavy atom. The second-order valence-corrected chi connectivity index (χ2v) is 4.85. The molecule has 7 heteroatoms. The van der Waals surface area contributed by atoms with Crippen molar-refractivity contribution in [2.24, 2.45) is 0 Å². The molecule has 0 atom stereocenters. The number of anilines is 1. The Hall–Kier alpha value is -1.05. The van der Waals surface area contributed by atoms with E-state index in [1.807, 2.05) is 0 Å². The first-order chi connectivity index (χ1) is 8.74. The molecule has 1 aliphatic heterocycles. The van der Waals surface area contributed by atoms with Gasteiger partial charge in [0.2, 0.25) is 0 Å². The quantitative estimate of drug-likeness (QED) is 0.865. The molecule has 2 heterocycles. The molecule has 6 nitrogen and oxygen atoms in total. The number of rotatable bonds is 4. The maximum absolute atomic E-state index is 11.6. The van der Waals surface area contributed by atoms with Crippen LogP contribution in [0, 0.1) is 0 Å². The number of hydrogen-bond acceptors (Lipinski definition) is 5. The van der Waals surface area contributed by atoms with Gasteiger partial charge < -0.3 is 15.4 Å². The molecular formula is C11H15BrN4O2. The van der Waals surface area contributed by atoms with Crippen LogP contribution in [0.15, 0.2) is 17.0 Å². The van der Waals surface area contributed by atoms with Crippen molar-refractivity contribution >= 4 is 27.7 Å². The van der Waals surface area contributed by atoms with Gasteiger partial charge in [0, 0.05) is 0 Å². The van der Waals surface area contributed by atoms with Crippen LogP contribution in [0.5, 0.6) is 0 Å². The monoisotopic (exact) mass is 314 g/mol. The number of ether oxygens (including phenoxy) is 1. The third kappa shape index (κ3) is 4.32. The number of hydrogen-bond donors (Lipinski definition) is 2. The highest BCUT2D eigenvalue weighted by Gasteiger charge is 2.14. The van der Waals surface area contributed by atoms with Gasteiger partial charge in [-0.15, -0.1) is 0 Å². The normalized spacial score (nSPS) is 16.5. The Kier molecular flexibility index (Phi) is 5.03. The molecule has 18 heavy (non-hydrogen) atoms. The standard InChI is InChI=1S/C11H15BrN4O2/c12-9-5-15-10(6-14-9)16-11(17)7-18-8-1-3-13-4-2-8/h5-6,8,13H,1-4,7H2,(H,15,16,17). The highest BCUT2D eigenvalue weighted by atomic mass is 79.9. The third-order valence-electron chi connectivity index (χ3n) is 2.62. The van der Waals surface area contributed by atoms with E-state index in [4.69, 9.17) is 4.74 Å². The zero-order valence-electron chi connectivity index (χ0n) is 9.86. The first-order valence-electron chi connectivity index (χ1n) is 5.84. The lowest BCUT2D eigenvalue weighted by molar-refractivity contribution is -0.123. The van der Waals surface area contributed by atoms with E-state index in [0.717, 1.165) is 25.9 Å². The molecule has 2 rings (SSSR count). The van der Waals surface area contributed by atoms with Gasteiger partial charge in [-0.2, -0.15) is 0 Å². The molecule has 1 amide bonds. The van der Waals surface area contributed by atoms with E-state index in [2.05, 4.69) is 36.5 Å². The molecule has 1 aliphatic rings. The SMILES string of the molecule is O=C(COC1CCNCC1)Nc1cnc(Br)cn1. The van der Waals surface area contributed by atoms with Crippen LogP contribution in [0.4, 0.5) is 5.82 Å². The Labute approximate surface area is 114 Å². The number of carbonyl (C=O) groups excluding carboxylic acids is 1. The van der Waals surface area contributed by atoms with Crippen LogP contribution in [0.25, 0.3) is 0 Å². The van der Waals surface area contributed by atoms with Crippen LogP contribution < -0.4 is 10.6 Å². The zero-order chi connectivity index (χ0) is 12.8. The maximum atomic E-state index is 11.6. The van der Waals surface area contributed by atoms with Gasteiger partial charge in [-0.05, 0) is 41.9 Å². The van der Waals surface area contributed by atoms with Crippen LogP contribution in [0.1, 0.15) is 12.8 Å². The summed E-state index contributed by atoms with van der Waals surface area (Å²) in [6.07, 6.45) is 5.10. The van der Waals surface area contributed by atoms with Gasteiger partial charge in [0.05, 0.1) is 18.5 Å². The maximum Gasteiger partial charge on any atom is 0.251 e. The molecule has 98 valence electrons. The van der Waals surface area contributed by atoms with Crippen molar-refractivity contribution in [2.45, 2.75) is 18.9 Å². The van der Waals surface area contributed by atoms with Gasteiger partial charge in [-0.25, -0.2) is 9.97 Å². The molecule has 0 aliphatic carbocycles. The van der Waals surface area contributed by atoms with Crippen LogP contribution >= 0.6 is 15.9 Å². The summed E-state index contributed by atoms with van der Waals surface area (Å²) in [5.74, 6) is 0.224. The molecule has 0 unspecified atom stereocenters. The van der Waals surface area contributed by atoms with Crippen molar-refractivity contribution in [1.29, 1.82) is 0 Å². The molecule has 1 fully saturated rings. The molecule has 0 aromatic carbocycles. The lowest BCUT2D eigenvalue weighted by atomic mass is 10.1. The number of nitrogens with zero attached hydrogens (tertiary/aromatic N) is 2. The summed E-state index contributed by atoms with van der Waals surface area (Å²) in [7, 11) is 0. The van der Waals surface area contributed by atoms with E-state index in [0.29, 0.717) is 10.4 Å². The van der Waals surface area contributed by atoms with Crippen molar-refractivity contribution in [3.05, 3.63) is 17.0 Å². The molecule has 0 saturated carbocycles. The van der Waals surface area contributed by atoms with Crippen molar-refractivity contribution < 1.29 is 9.53 Å². The van der Waals surface area contributed by atoms with Crippen LogP contribution in [-0.4, -0.2) is 41.7 Å². The van der Waals surface area contributed by atoms with Gasteiger partial charge >= 0.3 is 0 Å². The molecule has 1 aromatic heterocycles. The van der Waals surface area contributed by atoms with Crippen LogP contribution in [0.2, 0.25) is 0 Å². The Balaban J connectivity index is 1.73. The van der Waals surface area contributed by atoms with Gasteiger partial charge in [0.15, 0.2) is 5.82 Å². The van der Waals surface area contributed by atoms with Gasteiger partial charge in [0.25, 0.3) is 5.91 Å². The van der Waals surface area contributed by atoms with Gasteiger partial charge in [-0.3, -0.25) is 4.79 Å². The second kappa shape index (κ2) is 6.77. The van der Waals surface area contributed by atoms with Crippen molar-refractivity contribution in [3.8, 4) is 0 Å². The predicted molar refractivity (Wildman–Crippen MR) is 70.2 cm³/mol. The fourth-order valence-electron chi connectivity index (χ4n) is 1.71. The summed E-state index contributed by atoms with van der Waals surface area (Å²) in [5.41, 5.74) is 0. The lowest BCUT2D eigenvalue weighted by Crippen LogP contribution is -2.34. The fourth-order valence-corrected chi connectivity index (χ4v) is 1.92. The van der Waals surface area contributed by atoms with Crippen molar-refractivity contribution in [2.75, 3.05) is 25.0 Å².